The molecular formula is C12H15ClO. The van der Waals surface area contributed by atoms with E-state index < -0.39 is 0 Å². The second-order valence-corrected chi connectivity index (χ2v) is 4.75. The third-order valence-electron chi connectivity index (χ3n) is 2.54. The average Bonchev–Trinajstić information content (AvgIpc) is 1.99. The minimum absolute atomic E-state index is 0.325. The van der Waals surface area contributed by atoms with Gasteiger partial charge in [0.25, 0.3) is 0 Å². The summed E-state index contributed by atoms with van der Waals surface area (Å²) >= 11 is 5.89. The van der Waals surface area contributed by atoms with Gasteiger partial charge in [-0.25, -0.2) is 0 Å². The summed E-state index contributed by atoms with van der Waals surface area (Å²) < 4.78 is 5.80. The van der Waals surface area contributed by atoms with Gasteiger partial charge < -0.3 is 4.74 Å². The van der Waals surface area contributed by atoms with Gasteiger partial charge in [0, 0.05) is 18.2 Å². The van der Waals surface area contributed by atoms with E-state index in [4.69, 9.17) is 16.3 Å². The maximum absolute atomic E-state index is 5.89. The van der Waals surface area contributed by atoms with Crippen molar-refractivity contribution in [3.63, 3.8) is 0 Å². The van der Waals surface area contributed by atoms with E-state index in [0.717, 1.165) is 18.6 Å². The van der Waals surface area contributed by atoms with Gasteiger partial charge in [0.1, 0.15) is 11.9 Å². The molecule has 1 saturated carbocycles. The molecule has 2 heteroatoms. The molecule has 0 saturated heterocycles. The van der Waals surface area contributed by atoms with Crippen molar-refractivity contribution < 1.29 is 4.74 Å². The number of alkyl halides is 1. The number of ether oxygens (including phenoxy) is 1. The Labute approximate surface area is 90.0 Å². The van der Waals surface area contributed by atoms with E-state index >= 15 is 0 Å². The van der Waals surface area contributed by atoms with Gasteiger partial charge in [-0.2, -0.15) is 0 Å². The lowest BCUT2D eigenvalue weighted by Crippen LogP contribution is -2.34. The lowest BCUT2D eigenvalue weighted by Gasteiger charge is -2.31. The summed E-state index contributed by atoms with van der Waals surface area (Å²) in [6.45, 7) is 4.18. The Morgan fingerprint density at radius 1 is 1.14 bits per heavy atom. The first kappa shape index (κ1) is 9.85. The molecule has 0 aliphatic heterocycles. The summed E-state index contributed by atoms with van der Waals surface area (Å²) in [6.07, 6.45) is 2.29. The Bertz CT molecular complexity index is 309. The number of hydrogen-bond acceptors (Lipinski definition) is 1. The van der Waals surface area contributed by atoms with Crippen molar-refractivity contribution in [3.05, 3.63) is 29.3 Å². The molecular weight excluding hydrogens is 196 g/mol. The van der Waals surface area contributed by atoms with Crippen LogP contribution in [0.15, 0.2) is 18.2 Å². The molecule has 1 aromatic rings. The average molecular weight is 211 g/mol. The molecule has 76 valence electrons. The molecule has 0 spiro atoms. The van der Waals surface area contributed by atoms with E-state index in [9.17, 15) is 0 Å². The Morgan fingerprint density at radius 3 is 2.21 bits per heavy atom. The fourth-order valence-electron chi connectivity index (χ4n) is 1.79. The first-order valence-corrected chi connectivity index (χ1v) is 5.46. The Hall–Kier alpha value is -0.690. The largest absolute Gasteiger partial charge is 0.490 e. The Morgan fingerprint density at radius 2 is 1.71 bits per heavy atom. The van der Waals surface area contributed by atoms with Gasteiger partial charge in [-0.05, 0) is 37.1 Å². The van der Waals surface area contributed by atoms with Crippen LogP contribution in [0.1, 0.15) is 24.0 Å². The molecule has 0 bridgehead atoms. The number of rotatable bonds is 2. The van der Waals surface area contributed by atoms with Crippen LogP contribution in [0.4, 0.5) is 0 Å². The monoisotopic (exact) mass is 210 g/mol. The summed E-state index contributed by atoms with van der Waals surface area (Å²) in [5.41, 5.74) is 2.50. The predicted molar refractivity (Wildman–Crippen MR) is 59.2 cm³/mol. The molecule has 0 unspecified atom stereocenters. The third-order valence-corrected chi connectivity index (χ3v) is 2.89. The zero-order chi connectivity index (χ0) is 10.1. The molecule has 0 N–H and O–H groups in total. The van der Waals surface area contributed by atoms with Crippen LogP contribution in [0.5, 0.6) is 5.75 Å². The topological polar surface area (TPSA) is 9.23 Å². The number of hydrogen-bond donors (Lipinski definition) is 0. The highest BCUT2D eigenvalue weighted by atomic mass is 35.5. The normalized spacial score (nSPS) is 25.6. The Balaban J connectivity index is 2.02. The van der Waals surface area contributed by atoms with Gasteiger partial charge in [0.05, 0.1) is 0 Å². The van der Waals surface area contributed by atoms with E-state index in [1.807, 2.05) is 0 Å². The maximum Gasteiger partial charge on any atom is 0.120 e. The molecule has 14 heavy (non-hydrogen) atoms. The summed E-state index contributed by atoms with van der Waals surface area (Å²) in [5, 5.41) is 0.325. The Kier molecular flexibility index (Phi) is 2.69. The zero-order valence-electron chi connectivity index (χ0n) is 8.59. The van der Waals surface area contributed by atoms with Crippen molar-refractivity contribution in [2.45, 2.75) is 38.2 Å². The molecule has 0 radical (unpaired) electrons. The molecule has 1 aliphatic rings. The van der Waals surface area contributed by atoms with Crippen molar-refractivity contribution in [3.8, 4) is 5.75 Å². The minimum Gasteiger partial charge on any atom is -0.490 e. The van der Waals surface area contributed by atoms with Gasteiger partial charge in [-0.3, -0.25) is 0 Å². The van der Waals surface area contributed by atoms with Crippen molar-refractivity contribution >= 4 is 11.6 Å². The number of halogens is 1. The first-order chi connectivity index (χ1) is 6.63. The SMILES string of the molecule is Cc1cc(C)cc(OC2CC(Cl)C2)c1. The van der Waals surface area contributed by atoms with Crippen molar-refractivity contribution in [2.75, 3.05) is 0 Å². The van der Waals surface area contributed by atoms with Crippen molar-refractivity contribution in [1.82, 2.24) is 0 Å². The first-order valence-electron chi connectivity index (χ1n) is 5.02. The second kappa shape index (κ2) is 3.82. The maximum atomic E-state index is 5.89. The van der Waals surface area contributed by atoms with Gasteiger partial charge >= 0.3 is 0 Å². The molecule has 2 rings (SSSR count). The highest BCUT2D eigenvalue weighted by Crippen LogP contribution is 2.30. The fourth-order valence-corrected chi connectivity index (χ4v) is 2.19. The lowest BCUT2D eigenvalue weighted by atomic mass is 9.95. The van der Waals surface area contributed by atoms with Crippen LogP contribution in [0, 0.1) is 13.8 Å². The van der Waals surface area contributed by atoms with Gasteiger partial charge in [-0.1, -0.05) is 6.07 Å². The van der Waals surface area contributed by atoms with E-state index in [0.29, 0.717) is 11.5 Å². The summed E-state index contributed by atoms with van der Waals surface area (Å²) in [7, 11) is 0. The molecule has 0 amide bonds. The summed E-state index contributed by atoms with van der Waals surface area (Å²) in [6, 6.07) is 6.31. The number of aryl methyl sites for hydroxylation is 2. The second-order valence-electron chi connectivity index (χ2n) is 4.13. The highest BCUT2D eigenvalue weighted by Gasteiger charge is 2.28. The van der Waals surface area contributed by atoms with Gasteiger partial charge in [-0.15, -0.1) is 11.6 Å². The zero-order valence-corrected chi connectivity index (χ0v) is 9.34. The quantitative estimate of drug-likeness (QED) is 0.680. The van der Waals surface area contributed by atoms with Crippen LogP contribution < -0.4 is 4.74 Å². The van der Waals surface area contributed by atoms with Crippen LogP contribution in [0.2, 0.25) is 0 Å². The van der Waals surface area contributed by atoms with Crippen LogP contribution >= 0.6 is 11.6 Å². The molecule has 1 fully saturated rings. The molecule has 0 atom stereocenters. The van der Waals surface area contributed by atoms with Crippen LogP contribution in [-0.2, 0) is 0 Å². The lowest BCUT2D eigenvalue weighted by molar-refractivity contribution is 0.124. The van der Waals surface area contributed by atoms with Crippen LogP contribution in [0.3, 0.4) is 0 Å². The molecule has 1 aliphatic carbocycles. The smallest absolute Gasteiger partial charge is 0.120 e. The van der Waals surface area contributed by atoms with Gasteiger partial charge in [0.15, 0.2) is 0 Å². The molecule has 1 aromatic carbocycles. The standard InChI is InChI=1S/C12H15ClO/c1-8-3-9(2)5-11(4-8)14-12-6-10(13)7-12/h3-5,10,12H,6-7H2,1-2H3. The fraction of sp³-hybridized carbons (Fsp3) is 0.500. The van der Waals surface area contributed by atoms with Crippen LogP contribution in [-0.4, -0.2) is 11.5 Å². The van der Waals surface area contributed by atoms with E-state index in [1.54, 1.807) is 0 Å². The van der Waals surface area contributed by atoms with E-state index in [1.165, 1.54) is 11.1 Å². The number of benzene rings is 1. The van der Waals surface area contributed by atoms with E-state index in [2.05, 4.69) is 32.0 Å². The van der Waals surface area contributed by atoms with Crippen molar-refractivity contribution in [2.24, 2.45) is 0 Å². The molecule has 0 heterocycles. The van der Waals surface area contributed by atoms with Crippen molar-refractivity contribution in [1.29, 1.82) is 0 Å². The molecule has 0 aromatic heterocycles. The predicted octanol–water partition coefficient (Wildman–Crippen LogP) is 3.45. The summed E-state index contributed by atoms with van der Waals surface area (Å²) in [5.74, 6) is 0.982. The highest BCUT2D eigenvalue weighted by molar-refractivity contribution is 6.21. The summed E-state index contributed by atoms with van der Waals surface area (Å²) in [4.78, 5) is 0. The van der Waals surface area contributed by atoms with Gasteiger partial charge in [0.2, 0.25) is 0 Å². The molecule has 1 nitrogen and oxygen atoms in total. The van der Waals surface area contributed by atoms with Crippen LogP contribution in [0.25, 0.3) is 0 Å². The third kappa shape index (κ3) is 2.21. The minimum atomic E-state index is 0.325. The van der Waals surface area contributed by atoms with E-state index in [-0.39, 0.29) is 0 Å².